The van der Waals surface area contributed by atoms with Crippen molar-refractivity contribution in [1.29, 1.82) is 0 Å². The number of rotatable bonds is 4. The molecule has 0 saturated carbocycles. The second-order valence-electron chi connectivity index (χ2n) is 4.73. The smallest absolute Gasteiger partial charge is 0.495 e. The first-order valence-corrected chi connectivity index (χ1v) is 6.60. The van der Waals surface area contributed by atoms with Crippen molar-refractivity contribution < 1.29 is 27.4 Å². The van der Waals surface area contributed by atoms with E-state index in [1.54, 1.807) is 12.1 Å². The highest BCUT2D eigenvalue weighted by atomic mass is 19.4. The molecule has 0 spiro atoms. The van der Waals surface area contributed by atoms with Gasteiger partial charge in [0.1, 0.15) is 11.5 Å². The number of hydrogen-bond donors (Lipinski definition) is 1. The van der Waals surface area contributed by atoms with Gasteiger partial charge in [0.2, 0.25) is 0 Å². The van der Waals surface area contributed by atoms with Crippen LogP contribution in [0.25, 0.3) is 0 Å². The van der Waals surface area contributed by atoms with Gasteiger partial charge in [-0.25, -0.2) is 0 Å². The monoisotopic (exact) mass is 325 g/mol. The van der Waals surface area contributed by atoms with Gasteiger partial charge < -0.3 is 14.8 Å². The summed E-state index contributed by atoms with van der Waals surface area (Å²) >= 11 is 0. The van der Waals surface area contributed by atoms with Crippen LogP contribution in [0, 0.1) is 6.92 Å². The molecule has 2 aromatic carbocycles. The third kappa shape index (κ3) is 4.64. The fraction of sp³-hybridized carbons (Fsp3) is 0.188. The van der Waals surface area contributed by atoms with Gasteiger partial charge in [0.15, 0.2) is 0 Å². The highest BCUT2D eigenvalue weighted by Crippen LogP contribution is 2.26. The van der Waals surface area contributed by atoms with Crippen molar-refractivity contribution in [2.45, 2.75) is 13.3 Å². The first-order chi connectivity index (χ1) is 10.8. The van der Waals surface area contributed by atoms with E-state index in [4.69, 9.17) is 4.74 Å². The number of methoxy groups -OCH3 is 1. The van der Waals surface area contributed by atoms with Crippen LogP contribution in [-0.4, -0.2) is 19.4 Å². The molecular weight excluding hydrogens is 311 g/mol. The van der Waals surface area contributed by atoms with E-state index in [1.165, 1.54) is 19.2 Å². The summed E-state index contributed by atoms with van der Waals surface area (Å²) in [5, 5.41) is 2.66. The summed E-state index contributed by atoms with van der Waals surface area (Å²) in [4.78, 5) is 12.2. The molecule has 1 N–H and O–H groups in total. The number of carbonyl (C=O) groups excluding carboxylic acids is 1. The van der Waals surface area contributed by atoms with Gasteiger partial charge >= 0.3 is 6.36 Å². The number of aryl methyl sites for hydroxylation is 1. The van der Waals surface area contributed by atoms with Crippen LogP contribution in [0.2, 0.25) is 0 Å². The van der Waals surface area contributed by atoms with Crippen LogP contribution in [0.3, 0.4) is 0 Å². The number of carbonyl (C=O) groups is 1. The van der Waals surface area contributed by atoms with Gasteiger partial charge in [0, 0.05) is 5.56 Å². The van der Waals surface area contributed by atoms with E-state index in [9.17, 15) is 18.0 Å². The summed E-state index contributed by atoms with van der Waals surface area (Å²) in [5.41, 5.74) is 1.60. The zero-order valence-corrected chi connectivity index (χ0v) is 12.4. The average Bonchev–Trinajstić information content (AvgIpc) is 2.46. The fourth-order valence-electron chi connectivity index (χ4n) is 1.92. The van der Waals surface area contributed by atoms with E-state index >= 15 is 0 Å². The van der Waals surface area contributed by atoms with Gasteiger partial charge in [-0.2, -0.15) is 0 Å². The van der Waals surface area contributed by atoms with E-state index in [2.05, 4.69) is 10.1 Å². The summed E-state index contributed by atoms with van der Waals surface area (Å²) < 4.78 is 45.2. The van der Waals surface area contributed by atoms with Crippen molar-refractivity contribution in [3.05, 3.63) is 53.6 Å². The molecule has 0 aromatic heterocycles. The lowest BCUT2D eigenvalue weighted by Gasteiger charge is -2.12. The molecule has 0 fully saturated rings. The number of ether oxygens (including phenoxy) is 2. The van der Waals surface area contributed by atoms with Crippen molar-refractivity contribution in [2.75, 3.05) is 12.4 Å². The second kappa shape index (κ2) is 6.60. The van der Waals surface area contributed by atoms with Gasteiger partial charge in [-0.3, -0.25) is 4.79 Å². The van der Waals surface area contributed by atoms with Gasteiger partial charge in [-0.15, -0.1) is 13.2 Å². The summed E-state index contributed by atoms with van der Waals surface area (Å²) in [6.45, 7) is 1.86. The normalized spacial score (nSPS) is 11.0. The predicted octanol–water partition coefficient (Wildman–Crippen LogP) is 4.15. The SMILES string of the molecule is COc1ccc(C)cc1NC(=O)c1ccc(OC(F)(F)F)cc1. The van der Waals surface area contributed by atoms with E-state index in [0.29, 0.717) is 11.4 Å². The third-order valence-electron chi connectivity index (χ3n) is 2.95. The summed E-state index contributed by atoms with van der Waals surface area (Å²) in [6, 6.07) is 9.93. The minimum atomic E-state index is -4.77. The molecule has 0 unspecified atom stereocenters. The molecule has 122 valence electrons. The molecule has 0 aliphatic carbocycles. The third-order valence-corrected chi connectivity index (χ3v) is 2.95. The average molecular weight is 325 g/mol. The van der Waals surface area contributed by atoms with Crippen LogP contribution >= 0.6 is 0 Å². The molecular formula is C16H14F3NO3. The Hall–Kier alpha value is -2.70. The first-order valence-electron chi connectivity index (χ1n) is 6.60. The van der Waals surface area contributed by atoms with E-state index < -0.39 is 12.3 Å². The van der Waals surface area contributed by atoms with Crippen LogP contribution in [-0.2, 0) is 0 Å². The van der Waals surface area contributed by atoms with E-state index in [0.717, 1.165) is 17.7 Å². The molecule has 7 heteroatoms. The van der Waals surface area contributed by atoms with E-state index in [-0.39, 0.29) is 11.3 Å². The number of halogens is 3. The lowest BCUT2D eigenvalue weighted by molar-refractivity contribution is -0.274. The topological polar surface area (TPSA) is 47.6 Å². The molecule has 2 aromatic rings. The van der Waals surface area contributed by atoms with Crippen molar-refractivity contribution in [3.63, 3.8) is 0 Å². The number of anilines is 1. The van der Waals surface area contributed by atoms with Crippen LogP contribution in [0.15, 0.2) is 42.5 Å². The Balaban J connectivity index is 2.14. The van der Waals surface area contributed by atoms with Crippen molar-refractivity contribution >= 4 is 11.6 Å². The summed E-state index contributed by atoms with van der Waals surface area (Å²) in [7, 11) is 1.48. The summed E-state index contributed by atoms with van der Waals surface area (Å²) in [5.74, 6) is -0.365. The molecule has 0 atom stereocenters. The van der Waals surface area contributed by atoms with Crippen LogP contribution in [0.1, 0.15) is 15.9 Å². The zero-order chi connectivity index (χ0) is 17.0. The van der Waals surface area contributed by atoms with Gasteiger partial charge in [0.05, 0.1) is 12.8 Å². The Morgan fingerprint density at radius 2 is 1.74 bits per heavy atom. The fourth-order valence-corrected chi connectivity index (χ4v) is 1.92. The quantitative estimate of drug-likeness (QED) is 0.918. The lowest BCUT2D eigenvalue weighted by atomic mass is 10.1. The van der Waals surface area contributed by atoms with Crippen LogP contribution < -0.4 is 14.8 Å². The Morgan fingerprint density at radius 3 is 2.30 bits per heavy atom. The van der Waals surface area contributed by atoms with Crippen molar-refractivity contribution in [1.82, 2.24) is 0 Å². The lowest BCUT2D eigenvalue weighted by Crippen LogP contribution is -2.17. The number of benzene rings is 2. The number of nitrogens with one attached hydrogen (secondary N) is 1. The zero-order valence-electron chi connectivity index (χ0n) is 12.4. The number of hydrogen-bond acceptors (Lipinski definition) is 3. The van der Waals surface area contributed by atoms with Gasteiger partial charge in [-0.05, 0) is 48.9 Å². The maximum atomic E-state index is 12.2. The molecule has 0 bridgehead atoms. The number of alkyl halides is 3. The van der Waals surface area contributed by atoms with Gasteiger partial charge in [0.25, 0.3) is 5.91 Å². The van der Waals surface area contributed by atoms with E-state index in [1.807, 2.05) is 13.0 Å². The molecule has 1 amide bonds. The maximum absolute atomic E-state index is 12.2. The van der Waals surface area contributed by atoms with Gasteiger partial charge in [-0.1, -0.05) is 6.07 Å². The molecule has 23 heavy (non-hydrogen) atoms. The minimum Gasteiger partial charge on any atom is -0.495 e. The Labute approximate surface area is 130 Å². The second-order valence-corrected chi connectivity index (χ2v) is 4.73. The molecule has 0 saturated heterocycles. The van der Waals surface area contributed by atoms with Crippen molar-refractivity contribution in [2.24, 2.45) is 0 Å². The van der Waals surface area contributed by atoms with Crippen LogP contribution in [0.5, 0.6) is 11.5 Å². The Morgan fingerprint density at radius 1 is 1.09 bits per heavy atom. The molecule has 0 aliphatic rings. The predicted molar refractivity (Wildman–Crippen MR) is 78.8 cm³/mol. The Kier molecular flexibility index (Phi) is 4.78. The Bertz CT molecular complexity index is 697. The highest BCUT2D eigenvalue weighted by molar-refractivity contribution is 6.05. The largest absolute Gasteiger partial charge is 0.573 e. The first kappa shape index (κ1) is 16.7. The minimum absolute atomic E-state index is 0.197. The molecule has 0 radical (unpaired) electrons. The standard InChI is InChI=1S/C16H14F3NO3/c1-10-3-8-14(22-2)13(9-10)20-15(21)11-4-6-12(7-5-11)23-16(17,18)19/h3-9H,1-2H3,(H,20,21). The molecule has 0 heterocycles. The maximum Gasteiger partial charge on any atom is 0.573 e. The molecule has 2 rings (SSSR count). The van der Waals surface area contributed by atoms with Crippen LogP contribution in [0.4, 0.5) is 18.9 Å². The van der Waals surface area contributed by atoms with Crippen molar-refractivity contribution in [3.8, 4) is 11.5 Å². The highest BCUT2D eigenvalue weighted by Gasteiger charge is 2.31. The molecule has 0 aliphatic heterocycles. The number of amides is 1. The molecule has 4 nitrogen and oxygen atoms in total. The summed E-state index contributed by atoms with van der Waals surface area (Å²) in [6.07, 6.45) is -4.77.